The van der Waals surface area contributed by atoms with Crippen LogP contribution in [0.5, 0.6) is 5.75 Å². The number of hydrogen-bond acceptors (Lipinski definition) is 6. The summed E-state index contributed by atoms with van der Waals surface area (Å²) >= 11 is 3.39. The Morgan fingerprint density at radius 1 is 1.33 bits per heavy atom. The SMILES string of the molecule is CN(CCOc1ccc(Br)cc1)Cc1noc(CN)n1.Cl. The Morgan fingerprint density at radius 3 is 2.67 bits per heavy atom. The second kappa shape index (κ2) is 8.99. The summed E-state index contributed by atoms with van der Waals surface area (Å²) in [6, 6.07) is 7.76. The van der Waals surface area contributed by atoms with Crippen molar-refractivity contribution in [1.29, 1.82) is 0 Å². The van der Waals surface area contributed by atoms with E-state index in [1.165, 1.54) is 0 Å². The molecular weight excluding hydrogens is 360 g/mol. The molecule has 0 saturated carbocycles. The highest BCUT2D eigenvalue weighted by Gasteiger charge is 2.07. The monoisotopic (exact) mass is 376 g/mol. The molecule has 116 valence electrons. The van der Waals surface area contributed by atoms with Crippen LogP contribution in [0.3, 0.4) is 0 Å². The van der Waals surface area contributed by atoms with Crippen LogP contribution in [0.4, 0.5) is 0 Å². The second-order valence-electron chi connectivity index (χ2n) is 4.35. The van der Waals surface area contributed by atoms with Crippen LogP contribution in [0.25, 0.3) is 0 Å². The van der Waals surface area contributed by atoms with Crippen molar-refractivity contribution in [3.05, 3.63) is 40.5 Å². The maximum absolute atomic E-state index is 5.65. The highest BCUT2D eigenvalue weighted by molar-refractivity contribution is 9.10. The molecule has 1 aromatic heterocycles. The van der Waals surface area contributed by atoms with Gasteiger partial charge < -0.3 is 15.0 Å². The Bertz CT molecular complexity index is 535. The van der Waals surface area contributed by atoms with E-state index in [0.29, 0.717) is 24.9 Å². The summed E-state index contributed by atoms with van der Waals surface area (Å²) in [4.78, 5) is 6.21. The lowest BCUT2D eigenvalue weighted by molar-refractivity contribution is 0.227. The molecular formula is C13H18BrClN4O2. The Labute approximate surface area is 138 Å². The number of halogens is 2. The highest BCUT2D eigenvalue weighted by Crippen LogP contribution is 2.15. The average Bonchev–Trinajstić information content (AvgIpc) is 2.88. The van der Waals surface area contributed by atoms with Crippen LogP contribution in [-0.2, 0) is 13.1 Å². The number of ether oxygens (including phenoxy) is 1. The Hall–Kier alpha value is -1.15. The molecule has 1 heterocycles. The second-order valence-corrected chi connectivity index (χ2v) is 5.26. The number of rotatable bonds is 7. The van der Waals surface area contributed by atoms with Crippen LogP contribution in [0.2, 0.25) is 0 Å². The minimum atomic E-state index is 0. The molecule has 21 heavy (non-hydrogen) atoms. The lowest BCUT2D eigenvalue weighted by Gasteiger charge is -2.14. The number of hydrogen-bond donors (Lipinski definition) is 1. The summed E-state index contributed by atoms with van der Waals surface area (Å²) in [7, 11) is 1.98. The molecule has 2 aromatic rings. The highest BCUT2D eigenvalue weighted by atomic mass is 79.9. The third-order valence-corrected chi connectivity index (χ3v) is 3.18. The molecule has 8 heteroatoms. The fourth-order valence-electron chi connectivity index (χ4n) is 1.61. The van der Waals surface area contributed by atoms with E-state index in [1.54, 1.807) is 0 Å². The van der Waals surface area contributed by atoms with Gasteiger partial charge in [-0.3, -0.25) is 4.90 Å². The van der Waals surface area contributed by atoms with Crippen molar-refractivity contribution in [3.63, 3.8) is 0 Å². The van der Waals surface area contributed by atoms with Crippen molar-refractivity contribution < 1.29 is 9.26 Å². The summed E-state index contributed by atoms with van der Waals surface area (Å²) < 4.78 is 11.6. The number of likely N-dealkylation sites (N-methyl/N-ethyl adjacent to an activating group) is 1. The van der Waals surface area contributed by atoms with Gasteiger partial charge in [-0.15, -0.1) is 12.4 Å². The van der Waals surface area contributed by atoms with Gasteiger partial charge in [-0.2, -0.15) is 4.98 Å². The maximum Gasteiger partial charge on any atom is 0.240 e. The molecule has 0 unspecified atom stereocenters. The fourth-order valence-corrected chi connectivity index (χ4v) is 1.87. The van der Waals surface area contributed by atoms with Crippen molar-refractivity contribution in [2.75, 3.05) is 20.2 Å². The van der Waals surface area contributed by atoms with Crippen LogP contribution in [0, 0.1) is 0 Å². The predicted molar refractivity (Wildman–Crippen MR) is 85.4 cm³/mol. The van der Waals surface area contributed by atoms with Crippen molar-refractivity contribution in [2.45, 2.75) is 13.1 Å². The van der Waals surface area contributed by atoms with Crippen molar-refractivity contribution in [2.24, 2.45) is 5.73 Å². The van der Waals surface area contributed by atoms with Crippen molar-refractivity contribution in [1.82, 2.24) is 15.0 Å². The Kier molecular flexibility index (Phi) is 7.66. The molecule has 0 aliphatic heterocycles. The Balaban J connectivity index is 0.00000220. The van der Waals surface area contributed by atoms with Crippen LogP contribution in [0.15, 0.2) is 33.3 Å². The summed E-state index contributed by atoms with van der Waals surface area (Å²) in [5.41, 5.74) is 5.42. The lowest BCUT2D eigenvalue weighted by atomic mass is 10.3. The molecule has 0 bridgehead atoms. The minimum Gasteiger partial charge on any atom is -0.492 e. The van der Waals surface area contributed by atoms with Crippen molar-refractivity contribution in [3.8, 4) is 5.75 Å². The largest absolute Gasteiger partial charge is 0.492 e. The van der Waals surface area contributed by atoms with Gasteiger partial charge in [-0.25, -0.2) is 0 Å². The number of benzene rings is 1. The van der Waals surface area contributed by atoms with E-state index in [2.05, 4.69) is 31.0 Å². The van der Waals surface area contributed by atoms with Gasteiger partial charge in [0.1, 0.15) is 12.4 Å². The number of aromatic nitrogens is 2. The molecule has 2 N–H and O–H groups in total. The summed E-state index contributed by atoms with van der Waals surface area (Å²) in [5.74, 6) is 1.95. The van der Waals surface area contributed by atoms with Gasteiger partial charge in [0.25, 0.3) is 0 Å². The molecule has 1 aromatic carbocycles. The van der Waals surface area contributed by atoms with Crippen LogP contribution >= 0.6 is 28.3 Å². The summed E-state index contributed by atoms with van der Waals surface area (Å²) in [6.07, 6.45) is 0. The zero-order chi connectivity index (χ0) is 14.4. The smallest absolute Gasteiger partial charge is 0.240 e. The summed E-state index contributed by atoms with van der Waals surface area (Å²) in [5, 5.41) is 3.85. The van der Waals surface area contributed by atoms with Gasteiger partial charge in [0, 0.05) is 11.0 Å². The molecule has 0 radical (unpaired) electrons. The third-order valence-electron chi connectivity index (χ3n) is 2.65. The molecule has 0 spiro atoms. The van der Waals surface area contributed by atoms with Crippen molar-refractivity contribution >= 4 is 28.3 Å². The topological polar surface area (TPSA) is 77.4 Å². The molecule has 0 aliphatic rings. The van der Waals surface area contributed by atoms with E-state index in [-0.39, 0.29) is 19.0 Å². The molecule has 0 saturated heterocycles. The zero-order valence-electron chi connectivity index (χ0n) is 11.7. The van der Waals surface area contributed by atoms with Gasteiger partial charge in [0.15, 0.2) is 5.82 Å². The Morgan fingerprint density at radius 2 is 2.05 bits per heavy atom. The first-order valence-corrected chi connectivity index (χ1v) is 7.05. The van der Waals surface area contributed by atoms with Gasteiger partial charge in [-0.1, -0.05) is 21.1 Å². The van der Waals surface area contributed by atoms with E-state index in [9.17, 15) is 0 Å². The van der Waals surface area contributed by atoms with Crippen LogP contribution in [0.1, 0.15) is 11.7 Å². The zero-order valence-corrected chi connectivity index (χ0v) is 14.1. The standard InChI is InChI=1S/C13H17BrN4O2.ClH/c1-18(9-12-16-13(8-15)20-17-12)6-7-19-11-4-2-10(14)3-5-11;/h2-5H,6-9,15H2,1H3;1H. The maximum atomic E-state index is 5.65. The predicted octanol–water partition coefficient (Wildman–Crippen LogP) is 2.22. The quantitative estimate of drug-likeness (QED) is 0.797. The van der Waals surface area contributed by atoms with Gasteiger partial charge in [-0.05, 0) is 31.3 Å². The van der Waals surface area contributed by atoms with Crippen LogP contribution in [-0.4, -0.2) is 35.2 Å². The molecule has 0 aliphatic carbocycles. The first kappa shape index (κ1) is 17.9. The molecule has 2 rings (SSSR count). The first-order valence-electron chi connectivity index (χ1n) is 6.26. The third kappa shape index (κ3) is 6.01. The molecule has 0 fully saturated rings. The fraction of sp³-hybridized carbons (Fsp3) is 0.385. The van der Waals surface area contributed by atoms with E-state index >= 15 is 0 Å². The lowest BCUT2D eigenvalue weighted by Crippen LogP contribution is -2.24. The van der Waals surface area contributed by atoms with E-state index in [4.69, 9.17) is 15.0 Å². The molecule has 0 amide bonds. The molecule has 6 nitrogen and oxygen atoms in total. The van der Waals surface area contributed by atoms with E-state index in [0.717, 1.165) is 16.8 Å². The number of nitrogens with two attached hydrogens (primary N) is 1. The average molecular weight is 378 g/mol. The van der Waals surface area contributed by atoms with E-state index < -0.39 is 0 Å². The van der Waals surface area contributed by atoms with Gasteiger partial charge >= 0.3 is 0 Å². The summed E-state index contributed by atoms with van der Waals surface area (Å²) in [6.45, 7) is 2.24. The first-order chi connectivity index (χ1) is 9.67. The van der Waals surface area contributed by atoms with Gasteiger partial charge in [0.2, 0.25) is 5.89 Å². The normalized spacial score (nSPS) is 10.5. The minimum absolute atomic E-state index is 0. The number of nitrogens with zero attached hydrogens (tertiary/aromatic N) is 3. The van der Waals surface area contributed by atoms with Crippen LogP contribution < -0.4 is 10.5 Å². The van der Waals surface area contributed by atoms with Gasteiger partial charge in [0.05, 0.1) is 13.1 Å². The molecule has 0 atom stereocenters. The van der Waals surface area contributed by atoms with E-state index in [1.807, 2.05) is 31.3 Å².